The average molecular weight is 483 g/mol. The fourth-order valence-corrected chi connectivity index (χ4v) is 7.06. The van der Waals surface area contributed by atoms with Gasteiger partial charge in [0, 0.05) is 17.0 Å². The van der Waals surface area contributed by atoms with Gasteiger partial charge in [-0.15, -0.1) is 6.58 Å². The molecule has 0 heterocycles. The van der Waals surface area contributed by atoms with Gasteiger partial charge in [0.1, 0.15) is 23.9 Å². The summed E-state index contributed by atoms with van der Waals surface area (Å²) in [6.07, 6.45) is 7.03. The van der Waals surface area contributed by atoms with Crippen LogP contribution in [0.25, 0.3) is 11.1 Å². The van der Waals surface area contributed by atoms with Gasteiger partial charge in [-0.2, -0.15) is 0 Å². The molecule has 3 aromatic rings. The zero-order chi connectivity index (χ0) is 25.2. The number of benzene rings is 3. The highest BCUT2D eigenvalue weighted by Crippen LogP contribution is 2.63. The van der Waals surface area contributed by atoms with Crippen LogP contribution in [0.1, 0.15) is 73.8 Å². The van der Waals surface area contributed by atoms with Gasteiger partial charge in [-0.3, -0.25) is 0 Å². The van der Waals surface area contributed by atoms with Crippen LogP contribution in [0, 0.1) is 17.2 Å². The first-order valence-electron chi connectivity index (χ1n) is 13.2. The summed E-state index contributed by atoms with van der Waals surface area (Å²) in [5, 5.41) is 0. The summed E-state index contributed by atoms with van der Waals surface area (Å²) in [5.74, 6) is 2.23. The van der Waals surface area contributed by atoms with E-state index in [0.717, 1.165) is 39.7 Å². The smallest absolute Gasteiger partial charge is 0.131 e. The Morgan fingerprint density at radius 2 is 1.97 bits per heavy atom. The van der Waals surface area contributed by atoms with Gasteiger partial charge in [-0.05, 0) is 88.1 Å². The summed E-state index contributed by atoms with van der Waals surface area (Å²) in [7, 11) is 1.65. The van der Waals surface area contributed by atoms with Gasteiger partial charge in [-0.1, -0.05) is 57.5 Å². The van der Waals surface area contributed by atoms with Crippen molar-refractivity contribution < 1.29 is 13.9 Å². The Kier molecular flexibility index (Phi) is 5.33. The predicted octanol–water partition coefficient (Wildman–Crippen LogP) is 8.35. The third kappa shape index (κ3) is 3.35. The lowest BCUT2D eigenvalue weighted by atomic mass is 9.73. The van der Waals surface area contributed by atoms with E-state index in [2.05, 4.69) is 57.7 Å². The summed E-state index contributed by atoms with van der Waals surface area (Å²) in [6, 6.07) is 16.2. The van der Waals surface area contributed by atoms with Crippen LogP contribution in [0.4, 0.5) is 4.39 Å². The second kappa shape index (κ2) is 8.23. The van der Waals surface area contributed by atoms with Crippen LogP contribution in [-0.4, -0.2) is 7.11 Å². The van der Waals surface area contributed by atoms with Crippen molar-refractivity contribution in [1.29, 1.82) is 0 Å². The van der Waals surface area contributed by atoms with Crippen molar-refractivity contribution in [2.75, 3.05) is 7.11 Å². The number of rotatable bonds is 7. The van der Waals surface area contributed by atoms with Gasteiger partial charge in [0.2, 0.25) is 0 Å². The van der Waals surface area contributed by atoms with E-state index in [4.69, 9.17) is 9.47 Å². The van der Waals surface area contributed by atoms with Gasteiger partial charge in [0.25, 0.3) is 0 Å². The summed E-state index contributed by atoms with van der Waals surface area (Å²) < 4.78 is 27.2. The second-order valence-electron chi connectivity index (χ2n) is 11.5. The number of methoxy groups -OCH3 is 1. The molecule has 2 nitrogen and oxygen atoms in total. The maximum Gasteiger partial charge on any atom is 0.131 e. The molecule has 1 unspecified atom stereocenters. The highest BCUT2D eigenvalue weighted by Gasteiger charge is 2.56. The van der Waals surface area contributed by atoms with E-state index in [0.29, 0.717) is 17.6 Å². The van der Waals surface area contributed by atoms with Crippen LogP contribution < -0.4 is 9.47 Å². The van der Waals surface area contributed by atoms with E-state index < -0.39 is 0 Å². The van der Waals surface area contributed by atoms with E-state index in [1.165, 1.54) is 42.9 Å². The van der Waals surface area contributed by atoms with Crippen molar-refractivity contribution in [2.24, 2.45) is 11.3 Å². The van der Waals surface area contributed by atoms with E-state index in [1.54, 1.807) is 13.2 Å². The molecule has 1 spiro atoms. The molecule has 36 heavy (non-hydrogen) atoms. The minimum atomic E-state index is -0.283. The Morgan fingerprint density at radius 1 is 1.14 bits per heavy atom. The van der Waals surface area contributed by atoms with Gasteiger partial charge < -0.3 is 9.47 Å². The van der Waals surface area contributed by atoms with E-state index in [9.17, 15) is 0 Å². The third-order valence-corrected chi connectivity index (χ3v) is 9.22. The molecule has 0 saturated heterocycles. The highest BCUT2D eigenvalue weighted by atomic mass is 19.1. The maximum absolute atomic E-state index is 15.1. The molecule has 1 fully saturated rings. The molecule has 3 atom stereocenters. The van der Waals surface area contributed by atoms with Crippen molar-refractivity contribution in [2.45, 2.75) is 64.4 Å². The quantitative estimate of drug-likeness (QED) is 0.315. The Hall–Kier alpha value is -3.07. The van der Waals surface area contributed by atoms with Crippen molar-refractivity contribution >= 4 is 0 Å². The summed E-state index contributed by atoms with van der Waals surface area (Å²) in [4.78, 5) is 0. The Morgan fingerprint density at radius 3 is 2.69 bits per heavy atom. The number of fused-ring (bicyclic) bond motifs is 5. The van der Waals surface area contributed by atoms with Crippen molar-refractivity contribution in [3.05, 3.63) is 94.8 Å². The fraction of sp³-hybridized carbons (Fsp3) is 0.394. The molecule has 0 aliphatic heterocycles. The molecule has 6 rings (SSSR count). The van der Waals surface area contributed by atoms with Crippen molar-refractivity contribution in [1.82, 2.24) is 0 Å². The van der Waals surface area contributed by atoms with Crippen LogP contribution in [0.5, 0.6) is 11.5 Å². The lowest BCUT2D eigenvalue weighted by molar-refractivity contribution is 0.305. The number of hydrogen-bond donors (Lipinski definition) is 0. The van der Waals surface area contributed by atoms with E-state index in [-0.39, 0.29) is 17.2 Å². The Labute approximate surface area is 214 Å². The number of hydrogen-bond acceptors (Lipinski definition) is 2. The molecule has 3 aliphatic rings. The Bertz CT molecular complexity index is 1370. The summed E-state index contributed by atoms with van der Waals surface area (Å²) in [6.45, 7) is 11.2. The van der Waals surface area contributed by atoms with Crippen LogP contribution >= 0.6 is 0 Å². The average Bonchev–Trinajstić information content (AvgIpc) is 3.33. The van der Waals surface area contributed by atoms with E-state index >= 15 is 4.39 Å². The number of halogens is 1. The summed E-state index contributed by atoms with van der Waals surface area (Å²) >= 11 is 0. The monoisotopic (exact) mass is 482 g/mol. The lowest BCUT2D eigenvalue weighted by Gasteiger charge is -2.31. The first-order valence-corrected chi connectivity index (χ1v) is 13.2. The topological polar surface area (TPSA) is 18.5 Å². The first-order chi connectivity index (χ1) is 17.3. The standard InChI is InChI=1S/C33H35FO2/c1-6-22-18-33(22)15-14-21-9-10-23(17-26(21)33)36-19-20-8-11-24-25(16-20)31(32(3,4)7-2)30-28(35-5)13-12-27(34)29(24)30/h7-13,16-17,22,31H,2,6,14-15,18-19H2,1,3-5H3/t22-,31?,33-/m1/s1. The molecule has 3 aliphatic carbocycles. The number of aryl methyl sites for hydroxylation is 1. The molecule has 0 N–H and O–H groups in total. The van der Waals surface area contributed by atoms with Gasteiger partial charge in [-0.25, -0.2) is 4.39 Å². The molecule has 0 radical (unpaired) electrons. The van der Waals surface area contributed by atoms with Gasteiger partial charge >= 0.3 is 0 Å². The molecule has 3 heteroatoms. The normalized spacial score (nSPS) is 23.2. The molecule has 0 amide bonds. The first kappa shape index (κ1) is 23.3. The molecule has 3 aromatic carbocycles. The van der Waals surface area contributed by atoms with E-state index in [1.807, 2.05) is 12.1 Å². The van der Waals surface area contributed by atoms with Crippen LogP contribution in [0.15, 0.2) is 61.2 Å². The van der Waals surface area contributed by atoms with Crippen molar-refractivity contribution in [3.8, 4) is 22.6 Å². The minimum absolute atomic E-state index is 0.0497. The third-order valence-electron chi connectivity index (χ3n) is 9.22. The summed E-state index contributed by atoms with van der Waals surface area (Å²) in [5.41, 5.74) is 7.83. The fourth-order valence-electron chi connectivity index (χ4n) is 7.06. The molecule has 1 saturated carbocycles. The van der Waals surface area contributed by atoms with Crippen molar-refractivity contribution in [3.63, 3.8) is 0 Å². The lowest BCUT2D eigenvalue weighted by Crippen LogP contribution is -2.19. The second-order valence-corrected chi connectivity index (χ2v) is 11.5. The molecule has 0 aromatic heterocycles. The maximum atomic E-state index is 15.1. The van der Waals surface area contributed by atoms with Crippen LogP contribution in [0.3, 0.4) is 0 Å². The predicted molar refractivity (Wildman–Crippen MR) is 143 cm³/mol. The number of ether oxygens (including phenoxy) is 2. The van der Waals surface area contributed by atoms with Gasteiger partial charge in [0.05, 0.1) is 7.11 Å². The number of allylic oxidation sites excluding steroid dienone is 1. The van der Waals surface area contributed by atoms with Gasteiger partial charge in [0.15, 0.2) is 0 Å². The zero-order valence-electron chi connectivity index (χ0n) is 21.8. The Balaban J connectivity index is 1.32. The molecular formula is C33H35FO2. The molecule has 0 bridgehead atoms. The molecule has 186 valence electrons. The molecular weight excluding hydrogens is 447 g/mol. The van der Waals surface area contributed by atoms with Crippen LogP contribution in [-0.2, 0) is 18.4 Å². The highest BCUT2D eigenvalue weighted by molar-refractivity contribution is 5.82. The van der Waals surface area contributed by atoms with Crippen LogP contribution in [0.2, 0.25) is 0 Å². The largest absolute Gasteiger partial charge is 0.496 e. The minimum Gasteiger partial charge on any atom is -0.496 e. The zero-order valence-corrected chi connectivity index (χ0v) is 21.8. The SMILES string of the molecule is C=CC(C)(C)C1c2cc(COc3ccc4c(c3)[C@]3(CC4)C[C@H]3CC)ccc2-c2c(F)ccc(OC)c21.